The molecule has 0 aromatic carbocycles. The fourth-order valence-corrected chi connectivity index (χ4v) is 1.26. The van der Waals surface area contributed by atoms with Gasteiger partial charge in [0.1, 0.15) is 0 Å². The summed E-state index contributed by atoms with van der Waals surface area (Å²) in [5, 5.41) is 7.76. The van der Waals surface area contributed by atoms with Gasteiger partial charge in [0, 0.05) is 11.0 Å². The van der Waals surface area contributed by atoms with Gasteiger partial charge in [0.05, 0.1) is 13.1 Å². The maximum Gasteiger partial charge on any atom is 0.239 e. The van der Waals surface area contributed by atoms with E-state index in [9.17, 15) is 14.4 Å². The van der Waals surface area contributed by atoms with Crippen LogP contribution < -0.4 is 16.0 Å². The smallest absolute Gasteiger partial charge is 0.239 e. The first-order chi connectivity index (χ1) is 8.98. The predicted octanol–water partition coefficient (Wildman–Crippen LogP) is 0.570. The third-order valence-electron chi connectivity index (χ3n) is 2.87. The highest BCUT2D eigenvalue weighted by Gasteiger charge is 2.25. The fourth-order valence-electron chi connectivity index (χ4n) is 1.26. The SMILES string of the molecule is CCC(C)(C)C(=O)NCC(=O)NCC(=O)NC(C)(C)C. The van der Waals surface area contributed by atoms with Crippen molar-refractivity contribution in [3.05, 3.63) is 0 Å². The quantitative estimate of drug-likeness (QED) is 0.667. The fraction of sp³-hybridized carbons (Fsp3) is 0.786. The Kier molecular flexibility index (Phi) is 6.68. The summed E-state index contributed by atoms with van der Waals surface area (Å²) in [5.41, 5.74) is -0.828. The molecule has 0 aromatic rings. The molecule has 6 nitrogen and oxygen atoms in total. The average Bonchev–Trinajstić information content (AvgIpc) is 2.31. The van der Waals surface area contributed by atoms with E-state index in [1.165, 1.54) is 0 Å². The molecule has 0 aliphatic heterocycles. The summed E-state index contributed by atoms with van der Waals surface area (Å²) in [7, 11) is 0. The normalized spacial score (nSPS) is 11.7. The molecule has 0 bridgehead atoms. The second kappa shape index (κ2) is 7.26. The minimum Gasteiger partial charge on any atom is -0.350 e. The van der Waals surface area contributed by atoms with Crippen LogP contribution in [0.4, 0.5) is 0 Å². The van der Waals surface area contributed by atoms with Crippen LogP contribution in [0.25, 0.3) is 0 Å². The maximum absolute atomic E-state index is 11.8. The summed E-state index contributed by atoms with van der Waals surface area (Å²) < 4.78 is 0. The van der Waals surface area contributed by atoms with E-state index in [1.54, 1.807) is 0 Å². The van der Waals surface area contributed by atoms with Crippen LogP contribution in [0.1, 0.15) is 48.0 Å². The molecule has 0 rings (SSSR count). The van der Waals surface area contributed by atoms with E-state index in [1.807, 2.05) is 41.5 Å². The topological polar surface area (TPSA) is 87.3 Å². The summed E-state index contributed by atoms with van der Waals surface area (Å²) in [6.07, 6.45) is 0.689. The molecule has 0 fully saturated rings. The zero-order valence-electron chi connectivity index (χ0n) is 13.3. The third kappa shape index (κ3) is 7.76. The molecule has 0 aliphatic carbocycles. The Morgan fingerprint density at radius 3 is 1.80 bits per heavy atom. The van der Waals surface area contributed by atoms with Crippen molar-refractivity contribution in [3.8, 4) is 0 Å². The van der Waals surface area contributed by atoms with Gasteiger partial charge in [-0.3, -0.25) is 14.4 Å². The number of hydrogen-bond acceptors (Lipinski definition) is 3. The van der Waals surface area contributed by atoms with E-state index in [0.29, 0.717) is 6.42 Å². The van der Waals surface area contributed by atoms with Gasteiger partial charge in [0.15, 0.2) is 0 Å². The molecule has 0 aromatic heterocycles. The molecule has 20 heavy (non-hydrogen) atoms. The highest BCUT2D eigenvalue weighted by molar-refractivity contribution is 5.89. The molecule has 6 heteroatoms. The Morgan fingerprint density at radius 1 is 0.850 bits per heavy atom. The van der Waals surface area contributed by atoms with Crippen molar-refractivity contribution in [2.75, 3.05) is 13.1 Å². The van der Waals surface area contributed by atoms with Crippen LogP contribution in [0, 0.1) is 5.41 Å². The molecule has 0 spiro atoms. The number of carbonyl (C=O) groups excluding carboxylic acids is 3. The van der Waals surface area contributed by atoms with Crippen molar-refractivity contribution in [1.82, 2.24) is 16.0 Å². The van der Waals surface area contributed by atoms with Crippen LogP contribution in [0.5, 0.6) is 0 Å². The Labute approximate surface area is 121 Å². The van der Waals surface area contributed by atoms with Gasteiger partial charge in [-0.25, -0.2) is 0 Å². The lowest BCUT2D eigenvalue weighted by Crippen LogP contribution is -2.48. The molecule has 116 valence electrons. The summed E-state index contributed by atoms with van der Waals surface area (Å²) >= 11 is 0. The molecule has 0 heterocycles. The molecular formula is C14H27N3O3. The first-order valence-corrected chi connectivity index (χ1v) is 6.84. The van der Waals surface area contributed by atoms with Gasteiger partial charge in [0.25, 0.3) is 0 Å². The second-order valence-electron chi connectivity index (χ2n) is 6.50. The molecule has 3 N–H and O–H groups in total. The van der Waals surface area contributed by atoms with Crippen LogP contribution in [-0.4, -0.2) is 36.3 Å². The molecule has 0 radical (unpaired) electrons. The van der Waals surface area contributed by atoms with E-state index in [2.05, 4.69) is 16.0 Å². The molecule has 0 atom stereocenters. The van der Waals surface area contributed by atoms with Crippen molar-refractivity contribution in [3.63, 3.8) is 0 Å². The Hall–Kier alpha value is -1.59. The highest BCUT2D eigenvalue weighted by atomic mass is 16.2. The minimum absolute atomic E-state index is 0.0941. The van der Waals surface area contributed by atoms with E-state index in [-0.39, 0.29) is 36.3 Å². The van der Waals surface area contributed by atoms with Gasteiger partial charge in [-0.1, -0.05) is 20.8 Å². The van der Waals surface area contributed by atoms with E-state index >= 15 is 0 Å². The van der Waals surface area contributed by atoms with Crippen LogP contribution in [0.3, 0.4) is 0 Å². The van der Waals surface area contributed by atoms with Crippen LogP contribution >= 0.6 is 0 Å². The molecule has 0 saturated carbocycles. The lowest BCUT2D eigenvalue weighted by Gasteiger charge is -2.22. The molecule has 0 unspecified atom stereocenters. The van der Waals surface area contributed by atoms with E-state index < -0.39 is 5.41 Å². The number of rotatable bonds is 6. The summed E-state index contributed by atoms with van der Waals surface area (Å²) in [6.45, 7) is 10.9. The van der Waals surface area contributed by atoms with Crippen molar-refractivity contribution in [1.29, 1.82) is 0 Å². The van der Waals surface area contributed by atoms with Gasteiger partial charge in [-0.15, -0.1) is 0 Å². The first kappa shape index (κ1) is 18.4. The Balaban J connectivity index is 4.02. The second-order valence-corrected chi connectivity index (χ2v) is 6.50. The molecular weight excluding hydrogens is 258 g/mol. The summed E-state index contributed by atoms with van der Waals surface area (Å²) in [5.74, 6) is -0.810. The Morgan fingerprint density at radius 2 is 1.35 bits per heavy atom. The van der Waals surface area contributed by atoms with E-state index in [0.717, 1.165) is 0 Å². The van der Waals surface area contributed by atoms with Crippen molar-refractivity contribution < 1.29 is 14.4 Å². The van der Waals surface area contributed by atoms with Crippen LogP contribution in [-0.2, 0) is 14.4 Å². The zero-order chi connectivity index (χ0) is 16.0. The monoisotopic (exact) mass is 285 g/mol. The predicted molar refractivity (Wildman–Crippen MR) is 78.0 cm³/mol. The van der Waals surface area contributed by atoms with Crippen LogP contribution in [0.15, 0.2) is 0 Å². The van der Waals surface area contributed by atoms with Gasteiger partial charge >= 0.3 is 0 Å². The van der Waals surface area contributed by atoms with E-state index in [4.69, 9.17) is 0 Å². The van der Waals surface area contributed by atoms with Crippen molar-refractivity contribution in [2.45, 2.75) is 53.5 Å². The lowest BCUT2D eigenvalue weighted by molar-refractivity contribution is -0.132. The minimum atomic E-state index is -0.496. The largest absolute Gasteiger partial charge is 0.350 e. The average molecular weight is 285 g/mol. The first-order valence-electron chi connectivity index (χ1n) is 6.84. The number of amides is 3. The van der Waals surface area contributed by atoms with Gasteiger partial charge in [-0.2, -0.15) is 0 Å². The van der Waals surface area contributed by atoms with Crippen molar-refractivity contribution in [2.24, 2.45) is 5.41 Å². The number of hydrogen-bond donors (Lipinski definition) is 3. The van der Waals surface area contributed by atoms with Crippen molar-refractivity contribution >= 4 is 17.7 Å². The number of carbonyl (C=O) groups is 3. The third-order valence-corrected chi connectivity index (χ3v) is 2.87. The highest BCUT2D eigenvalue weighted by Crippen LogP contribution is 2.18. The van der Waals surface area contributed by atoms with Crippen LogP contribution in [0.2, 0.25) is 0 Å². The standard InChI is InChI=1S/C14H27N3O3/c1-7-14(5,6)12(20)16-8-10(18)15-9-11(19)17-13(2,3)4/h7-9H2,1-6H3,(H,15,18)(H,16,20)(H,17,19). The van der Waals surface area contributed by atoms with Gasteiger partial charge in [-0.05, 0) is 27.2 Å². The van der Waals surface area contributed by atoms with Gasteiger partial charge < -0.3 is 16.0 Å². The molecule has 3 amide bonds. The number of nitrogens with one attached hydrogen (secondary N) is 3. The molecule has 0 aliphatic rings. The Bertz CT molecular complexity index is 370. The summed E-state index contributed by atoms with van der Waals surface area (Å²) in [6, 6.07) is 0. The lowest BCUT2D eigenvalue weighted by atomic mass is 9.89. The molecule has 0 saturated heterocycles. The summed E-state index contributed by atoms with van der Waals surface area (Å²) in [4.78, 5) is 34.8. The maximum atomic E-state index is 11.8. The zero-order valence-corrected chi connectivity index (χ0v) is 13.3. The van der Waals surface area contributed by atoms with Gasteiger partial charge in [0.2, 0.25) is 17.7 Å².